The number of nitrogens with zero attached hydrogens (tertiary/aromatic N) is 2. The number of rotatable bonds is 4. The molecule has 0 amide bonds. The Kier molecular flexibility index (Phi) is 4.92. The highest BCUT2D eigenvalue weighted by molar-refractivity contribution is 7.90. The van der Waals surface area contributed by atoms with E-state index in [1.165, 1.54) is 6.26 Å². The van der Waals surface area contributed by atoms with Crippen molar-refractivity contribution in [2.75, 3.05) is 32.9 Å². The fraction of sp³-hybridized carbons (Fsp3) is 0.611. The van der Waals surface area contributed by atoms with Crippen molar-refractivity contribution in [3.63, 3.8) is 0 Å². The Hall–Kier alpha value is -1.44. The number of carboxylic acid groups (broad SMARTS) is 1. The Bertz CT molecular complexity index is 737. The molecule has 2 aliphatic rings. The number of benzene rings is 1. The van der Waals surface area contributed by atoms with E-state index in [0.717, 1.165) is 51.0 Å². The zero-order chi connectivity index (χ0) is 18.2. The summed E-state index contributed by atoms with van der Waals surface area (Å²) in [5.41, 5.74) is 1.24. The van der Waals surface area contributed by atoms with Crippen LogP contribution in [0.25, 0.3) is 0 Å². The van der Waals surface area contributed by atoms with E-state index in [1.807, 2.05) is 24.1 Å². The molecule has 2 fully saturated rings. The predicted molar refractivity (Wildman–Crippen MR) is 95.2 cm³/mol. The second-order valence-corrected chi connectivity index (χ2v) is 9.68. The number of piperidine rings is 1. The van der Waals surface area contributed by atoms with Gasteiger partial charge in [0.25, 0.3) is 0 Å². The van der Waals surface area contributed by atoms with Crippen LogP contribution in [0.15, 0.2) is 29.2 Å². The third kappa shape index (κ3) is 4.04. The van der Waals surface area contributed by atoms with Crippen molar-refractivity contribution >= 4 is 15.8 Å². The summed E-state index contributed by atoms with van der Waals surface area (Å²) in [5, 5.41) is 9.33. The SMILES string of the molecule is CN1CC2(CCN(Cc3ccc(S(C)(=O)=O)cc3)CC2)C[C@H]1C(=O)O. The average Bonchev–Trinajstić information content (AvgIpc) is 2.86. The Balaban J connectivity index is 1.57. The largest absolute Gasteiger partial charge is 0.480 e. The summed E-state index contributed by atoms with van der Waals surface area (Å²) in [6.07, 6.45) is 4.00. The van der Waals surface area contributed by atoms with Gasteiger partial charge in [-0.05, 0) is 62.5 Å². The molecule has 2 heterocycles. The van der Waals surface area contributed by atoms with Gasteiger partial charge in [-0.3, -0.25) is 14.6 Å². The van der Waals surface area contributed by atoms with Gasteiger partial charge in [-0.25, -0.2) is 8.42 Å². The second-order valence-electron chi connectivity index (χ2n) is 7.67. The molecule has 0 bridgehead atoms. The Morgan fingerprint density at radius 2 is 1.84 bits per heavy atom. The maximum atomic E-state index is 11.5. The van der Waals surface area contributed by atoms with Crippen LogP contribution in [-0.2, 0) is 21.2 Å². The van der Waals surface area contributed by atoms with Gasteiger partial charge < -0.3 is 5.11 Å². The maximum absolute atomic E-state index is 11.5. The number of sulfone groups is 1. The fourth-order valence-electron chi connectivity index (χ4n) is 4.19. The minimum atomic E-state index is -3.15. The molecule has 1 aromatic carbocycles. The molecule has 3 rings (SSSR count). The molecule has 1 spiro atoms. The summed E-state index contributed by atoms with van der Waals surface area (Å²) in [5.74, 6) is -0.715. The summed E-state index contributed by atoms with van der Waals surface area (Å²) >= 11 is 0. The van der Waals surface area contributed by atoms with Crippen molar-refractivity contribution < 1.29 is 18.3 Å². The summed E-state index contributed by atoms with van der Waals surface area (Å²) in [6, 6.07) is 6.74. The summed E-state index contributed by atoms with van der Waals surface area (Å²) in [4.78, 5) is 16.0. The molecule has 6 nitrogen and oxygen atoms in total. The first-order valence-electron chi connectivity index (χ1n) is 8.63. The number of likely N-dealkylation sites (N-methyl/N-ethyl adjacent to an activating group) is 1. The Morgan fingerprint density at radius 3 is 2.32 bits per heavy atom. The lowest BCUT2D eigenvalue weighted by molar-refractivity contribution is -0.141. The first-order chi connectivity index (χ1) is 11.7. The van der Waals surface area contributed by atoms with Crippen LogP contribution in [0, 0.1) is 5.41 Å². The molecular formula is C18H26N2O4S. The van der Waals surface area contributed by atoms with Crippen LogP contribution in [0.1, 0.15) is 24.8 Å². The second kappa shape index (κ2) is 6.70. The minimum absolute atomic E-state index is 0.133. The van der Waals surface area contributed by atoms with E-state index in [9.17, 15) is 18.3 Å². The molecule has 0 aliphatic carbocycles. The van der Waals surface area contributed by atoms with Crippen molar-refractivity contribution in [1.82, 2.24) is 9.80 Å². The number of hydrogen-bond donors (Lipinski definition) is 1. The molecule has 2 saturated heterocycles. The van der Waals surface area contributed by atoms with Gasteiger partial charge in [-0.15, -0.1) is 0 Å². The molecule has 0 unspecified atom stereocenters. The van der Waals surface area contributed by atoms with Crippen molar-refractivity contribution in [3.8, 4) is 0 Å². The normalized spacial score (nSPS) is 24.6. The van der Waals surface area contributed by atoms with Crippen molar-refractivity contribution in [3.05, 3.63) is 29.8 Å². The van der Waals surface area contributed by atoms with Gasteiger partial charge in [0.2, 0.25) is 0 Å². The zero-order valence-corrected chi connectivity index (χ0v) is 15.6. The molecule has 0 aromatic heterocycles. The molecule has 25 heavy (non-hydrogen) atoms. The molecule has 1 aromatic rings. The van der Waals surface area contributed by atoms with Crippen LogP contribution >= 0.6 is 0 Å². The van der Waals surface area contributed by atoms with E-state index < -0.39 is 15.8 Å². The van der Waals surface area contributed by atoms with E-state index in [-0.39, 0.29) is 11.5 Å². The highest BCUT2D eigenvalue weighted by Crippen LogP contribution is 2.43. The molecule has 7 heteroatoms. The summed E-state index contributed by atoms with van der Waals surface area (Å²) < 4.78 is 23.0. The van der Waals surface area contributed by atoms with Gasteiger partial charge in [-0.1, -0.05) is 12.1 Å². The predicted octanol–water partition coefficient (Wildman–Crippen LogP) is 1.46. The van der Waals surface area contributed by atoms with Gasteiger partial charge >= 0.3 is 5.97 Å². The average molecular weight is 366 g/mol. The van der Waals surface area contributed by atoms with E-state index >= 15 is 0 Å². The van der Waals surface area contributed by atoms with Crippen LogP contribution in [0.3, 0.4) is 0 Å². The molecule has 1 N–H and O–H groups in total. The number of hydrogen-bond acceptors (Lipinski definition) is 5. The number of aliphatic carboxylic acids is 1. The maximum Gasteiger partial charge on any atom is 0.320 e. The highest BCUT2D eigenvalue weighted by Gasteiger charge is 2.46. The monoisotopic (exact) mass is 366 g/mol. The zero-order valence-electron chi connectivity index (χ0n) is 14.8. The lowest BCUT2D eigenvalue weighted by Crippen LogP contribution is -2.40. The van der Waals surface area contributed by atoms with Crippen LogP contribution in [0.5, 0.6) is 0 Å². The van der Waals surface area contributed by atoms with E-state index in [1.54, 1.807) is 12.1 Å². The van der Waals surface area contributed by atoms with Crippen molar-refractivity contribution in [1.29, 1.82) is 0 Å². The Labute approximate surface area is 149 Å². The highest BCUT2D eigenvalue weighted by atomic mass is 32.2. The van der Waals surface area contributed by atoms with Crippen molar-refractivity contribution in [2.24, 2.45) is 5.41 Å². The fourth-order valence-corrected chi connectivity index (χ4v) is 4.82. The molecule has 0 radical (unpaired) electrons. The van der Waals surface area contributed by atoms with E-state index in [2.05, 4.69) is 4.90 Å². The van der Waals surface area contributed by atoms with Crippen molar-refractivity contribution in [2.45, 2.75) is 36.7 Å². The van der Waals surface area contributed by atoms with Gasteiger partial charge in [-0.2, -0.15) is 0 Å². The molecular weight excluding hydrogens is 340 g/mol. The molecule has 1 atom stereocenters. The van der Waals surface area contributed by atoms with Crippen LogP contribution in [0.4, 0.5) is 0 Å². The smallest absolute Gasteiger partial charge is 0.320 e. The standard InChI is InChI=1S/C18H26N2O4S/c1-19-13-18(11-16(19)17(21)22)7-9-20(10-8-18)12-14-3-5-15(6-4-14)25(2,23)24/h3-6,16H,7-13H2,1-2H3,(H,21,22)/t16-/m0/s1. The summed E-state index contributed by atoms with van der Waals surface area (Å²) in [6.45, 7) is 3.57. The molecule has 138 valence electrons. The third-order valence-corrected chi connectivity index (χ3v) is 6.83. The van der Waals surface area contributed by atoms with E-state index in [0.29, 0.717) is 4.90 Å². The first-order valence-corrected chi connectivity index (χ1v) is 10.5. The number of likely N-dealkylation sites (tertiary alicyclic amines) is 2. The summed E-state index contributed by atoms with van der Waals surface area (Å²) in [7, 11) is -1.25. The van der Waals surface area contributed by atoms with Gasteiger partial charge in [0, 0.05) is 19.3 Å². The first kappa shape index (κ1) is 18.4. The Morgan fingerprint density at radius 1 is 1.24 bits per heavy atom. The molecule has 0 saturated carbocycles. The number of carboxylic acids is 1. The van der Waals surface area contributed by atoms with Gasteiger partial charge in [0.1, 0.15) is 6.04 Å². The van der Waals surface area contributed by atoms with E-state index in [4.69, 9.17) is 0 Å². The lowest BCUT2D eigenvalue weighted by Gasteiger charge is -2.39. The topological polar surface area (TPSA) is 77.9 Å². The quantitative estimate of drug-likeness (QED) is 0.869. The molecule has 2 aliphatic heterocycles. The van der Waals surface area contributed by atoms with Gasteiger partial charge in [0.15, 0.2) is 9.84 Å². The number of carbonyl (C=O) groups is 1. The van der Waals surface area contributed by atoms with Gasteiger partial charge in [0.05, 0.1) is 4.90 Å². The van der Waals surface area contributed by atoms with Crippen LogP contribution in [0.2, 0.25) is 0 Å². The van der Waals surface area contributed by atoms with Crippen LogP contribution < -0.4 is 0 Å². The minimum Gasteiger partial charge on any atom is -0.480 e. The van der Waals surface area contributed by atoms with Crippen LogP contribution in [-0.4, -0.2) is 68.3 Å². The third-order valence-electron chi connectivity index (χ3n) is 5.70. The lowest BCUT2D eigenvalue weighted by atomic mass is 9.76.